The molecule has 0 unspecified atom stereocenters. The third kappa shape index (κ3) is 3.44. The number of para-hydroxylation sites is 2. The average Bonchev–Trinajstić information content (AvgIpc) is 2.46. The van der Waals surface area contributed by atoms with Gasteiger partial charge in [0.1, 0.15) is 5.69 Å². The van der Waals surface area contributed by atoms with Crippen LogP contribution in [0, 0.1) is 16.0 Å². The summed E-state index contributed by atoms with van der Waals surface area (Å²) in [5.41, 5.74) is 0.951. The van der Waals surface area contributed by atoms with E-state index in [4.69, 9.17) is 0 Å². The molecule has 1 heterocycles. The number of benzene rings is 1. The van der Waals surface area contributed by atoms with Crippen molar-refractivity contribution in [1.29, 1.82) is 0 Å². The van der Waals surface area contributed by atoms with Crippen molar-refractivity contribution in [2.24, 2.45) is 5.92 Å². The summed E-state index contributed by atoms with van der Waals surface area (Å²) in [4.78, 5) is 12.9. The number of nitro benzene ring substituents is 1. The maximum atomic E-state index is 11.1. The lowest BCUT2D eigenvalue weighted by Crippen LogP contribution is -2.36. The SMILES string of the molecule is CCN(CC1CCNCC1)c1ccccc1[N+](=O)[O-]. The van der Waals surface area contributed by atoms with Crippen molar-refractivity contribution < 1.29 is 4.92 Å². The van der Waals surface area contributed by atoms with Crippen LogP contribution in [0.5, 0.6) is 0 Å². The van der Waals surface area contributed by atoms with E-state index in [2.05, 4.69) is 17.1 Å². The lowest BCUT2D eigenvalue weighted by Gasteiger charge is -2.30. The Morgan fingerprint density at radius 2 is 2.05 bits per heavy atom. The molecular formula is C14H21N3O2. The lowest BCUT2D eigenvalue weighted by atomic mass is 9.97. The van der Waals surface area contributed by atoms with Gasteiger partial charge in [0.25, 0.3) is 5.69 Å². The van der Waals surface area contributed by atoms with Gasteiger partial charge >= 0.3 is 0 Å². The number of nitrogens with zero attached hydrogens (tertiary/aromatic N) is 2. The molecule has 1 fully saturated rings. The number of nitrogens with one attached hydrogen (secondary N) is 1. The van der Waals surface area contributed by atoms with Crippen LogP contribution in [-0.2, 0) is 0 Å². The van der Waals surface area contributed by atoms with Gasteiger partial charge in [-0.1, -0.05) is 12.1 Å². The molecule has 0 bridgehead atoms. The zero-order valence-corrected chi connectivity index (χ0v) is 11.3. The highest BCUT2D eigenvalue weighted by atomic mass is 16.6. The van der Waals surface area contributed by atoms with E-state index < -0.39 is 0 Å². The van der Waals surface area contributed by atoms with E-state index in [1.165, 1.54) is 0 Å². The highest BCUT2D eigenvalue weighted by Gasteiger charge is 2.21. The van der Waals surface area contributed by atoms with E-state index in [1.807, 2.05) is 12.1 Å². The van der Waals surface area contributed by atoms with E-state index in [0.717, 1.165) is 44.7 Å². The summed E-state index contributed by atoms with van der Waals surface area (Å²) in [7, 11) is 0. The molecule has 0 amide bonds. The topological polar surface area (TPSA) is 58.4 Å². The quantitative estimate of drug-likeness (QED) is 0.654. The Morgan fingerprint density at radius 3 is 2.68 bits per heavy atom. The van der Waals surface area contributed by atoms with Crippen molar-refractivity contribution in [2.45, 2.75) is 19.8 Å². The number of piperidine rings is 1. The van der Waals surface area contributed by atoms with Crippen molar-refractivity contribution in [3.8, 4) is 0 Å². The van der Waals surface area contributed by atoms with Crippen molar-refractivity contribution in [3.63, 3.8) is 0 Å². The molecule has 19 heavy (non-hydrogen) atoms. The molecule has 5 nitrogen and oxygen atoms in total. The fourth-order valence-electron chi connectivity index (χ4n) is 2.66. The molecule has 0 spiro atoms. The van der Waals surface area contributed by atoms with Gasteiger partial charge in [-0.05, 0) is 44.8 Å². The summed E-state index contributed by atoms with van der Waals surface area (Å²) >= 11 is 0. The van der Waals surface area contributed by atoms with Crippen LogP contribution in [0.2, 0.25) is 0 Å². The maximum Gasteiger partial charge on any atom is 0.292 e. The van der Waals surface area contributed by atoms with Crippen LogP contribution >= 0.6 is 0 Å². The Labute approximate surface area is 113 Å². The molecule has 1 saturated heterocycles. The summed E-state index contributed by atoms with van der Waals surface area (Å²) in [6.07, 6.45) is 2.30. The fourth-order valence-corrected chi connectivity index (χ4v) is 2.66. The molecule has 0 aromatic heterocycles. The van der Waals surface area contributed by atoms with Gasteiger partial charge in [-0.2, -0.15) is 0 Å². The zero-order chi connectivity index (χ0) is 13.7. The Morgan fingerprint density at radius 1 is 1.37 bits per heavy atom. The number of rotatable bonds is 5. The molecule has 1 aliphatic heterocycles. The van der Waals surface area contributed by atoms with Crippen molar-refractivity contribution in [3.05, 3.63) is 34.4 Å². The van der Waals surface area contributed by atoms with Gasteiger partial charge in [0.2, 0.25) is 0 Å². The first-order valence-corrected chi connectivity index (χ1v) is 6.91. The van der Waals surface area contributed by atoms with Gasteiger partial charge in [-0.3, -0.25) is 10.1 Å². The molecule has 2 rings (SSSR count). The predicted molar refractivity (Wildman–Crippen MR) is 76.6 cm³/mol. The smallest absolute Gasteiger partial charge is 0.292 e. The fraction of sp³-hybridized carbons (Fsp3) is 0.571. The van der Waals surface area contributed by atoms with Gasteiger partial charge in [0.15, 0.2) is 0 Å². The summed E-state index contributed by atoms with van der Waals surface area (Å²) in [6, 6.07) is 7.02. The molecule has 1 N–H and O–H groups in total. The summed E-state index contributed by atoms with van der Waals surface area (Å²) in [5, 5.41) is 14.5. The third-order valence-electron chi connectivity index (χ3n) is 3.74. The van der Waals surface area contributed by atoms with E-state index in [0.29, 0.717) is 5.92 Å². The zero-order valence-electron chi connectivity index (χ0n) is 11.3. The van der Waals surface area contributed by atoms with Crippen molar-refractivity contribution >= 4 is 11.4 Å². The Hall–Kier alpha value is -1.62. The minimum absolute atomic E-state index is 0.207. The molecule has 1 aliphatic rings. The monoisotopic (exact) mass is 263 g/mol. The number of hydrogen-bond donors (Lipinski definition) is 1. The molecular weight excluding hydrogens is 242 g/mol. The second-order valence-electron chi connectivity index (χ2n) is 4.98. The molecule has 0 atom stereocenters. The van der Waals surface area contributed by atoms with Crippen LogP contribution in [0.3, 0.4) is 0 Å². The minimum atomic E-state index is -0.291. The Balaban J connectivity index is 2.14. The Kier molecular flexibility index (Phi) is 4.74. The molecule has 0 aliphatic carbocycles. The van der Waals surface area contributed by atoms with Crippen molar-refractivity contribution in [2.75, 3.05) is 31.1 Å². The first-order valence-electron chi connectivity index (χ1n) is 6.91. The summed E-state index contributed by atoms with van der Waals surface area (Å²) < 4.78 is 0. The molecule has 0 saturated carbocycles. The van der Waals surface area contributed by atoms with Gasteiger partial charge in [0, 0.05) is 19.2 Å². The Bertz CT molecular complexity index is 430. The first kappa shape index (κ1) is 13.8. The molecule has 1 aromatic carbocycles. The van der Waals surface area contributed by atoms with Crippen LogP contribution in [0.1, 0.15) is 19.8 Å². The highest BCUT2D eigenvalue weighted by molar-refractivity contribution is 5.63. The largest absolute Gasteiger partial charge is 0.366 e. The van der Waals surface area contributed by atoms with Gasteiger partial charge in [0.05, 0.1) is 4.92 Å². The molecule has 5 heteroatoms. The van der Waals surface area contributed by atoms with Gasteiger partial charge in [-0.25, -0.2) is 0 Å². The van der Waals surface area contributed by atoms with Crippen LogP contribution in [0.4, 0.5) is 11.4 Å². The number of hydrogen-bond acceptors (Lipinski definition) is 4. The first-order chi connectivity index (χ1) is 9.22. The molecule has 0 radical (unpaired) electrons. The minimum Gasteiger partial charge on any atom is -0.366 e. The van der Waals surface area contributed by atoms with Crippen LogP contribution < -0.4 is 10.2 Å². The lowest BCUT2D eigenvalue weighted by molar-refractivity contribution is -0.384. The van der Waals surface area contributed by atoms with Crippen LogP contribution in [0.15, 0.2) is 24.3 Å². The van der Waals surface area contributed by atoms with Gasteiger partial charge in [-0.15, -0.1) is 0 Å². The summed E-state index contributed by atoms with van der Waals surface area (Å²) in [6.45, 7) is 5.87. The number of anilines is 1. The van der Waals surface area contributed by atoms with Crippen molar-refractivity contribution in [1.82, 2.24) is 5.32 Å². The second-order valence-corrected chi connectivity index (χ2v) is 4.98. The third-order valence-corrected chi connectivity index (χ3v) is 3.74. The maximum absolute atomic E-state index is 11.1. The number of nitro groups is 1. The average molecular weight is 263 g/mol. The summed E-state index contributed by atoms with van der Waals surface area (Å²) in [5.74, 6) is 0.626. The van der Waals surface area contributed by atoms with E-state index in [1.54, 1.807) is 12.1 Å². The molecule has 104 valence electrons. The second kappa shape index (κ2) is 6.52. The van der Waals surface area contributed by atoms with Crippen LogP contribution in [-0.4, -0.2) is 31.1 Å². The van der Waals surface area contributed by atoms with E-state index in [9.17, 15) is 10.1 Å². The van der Waals surface area contributed by atoms with Crippen LogP contribution in [0.25, 0.3) is 0 Å². The van der Waals surface area contributed by atoms with E-state index >= 15 is 0 Å². The molecule has 1 aromatic rings. The van der Waals surface area contributed by atoms with Gasteiger partial charge < -0.3 is 10.2 Å². The normalized spacial score (nSPS) is 16.3. The predicted octanol–water partition coefficient (Wildman–Crippen LogP) is 2.42. The highest BCUT2D eigenvalue weighted by Crippen LogP contribution is 2.29. The standard InChI is InChI=1S/C14H21N3O2/c1-2-16(11-12-7-9-15-10-8-12)13-5-3-4-6-14(13)17(18)19/h3-6,12,15H,2,7-11H2,1H3. The van der Waals surface area contributed by atoms with E-state index in [-0.39, 0.29) is 10.6 Å².